The molecule has 18 heteroatoms. The maximum absolute atomic E-state index is 11.3. The highest BCUT2D eigenvalue weighted by Gasteiger charge is 2.81. The van der Waals surface area contributed by atoms with E-state index in [1.807, 2.05) is 0 Å². The van der Waals surface area contributed by atoms with Crippen LogP contribution in [0.25, 0.3) is 0 Å². The van der Waals surface area contributed by atoms with Gasteiger partial charge in [-0.25, -0.2) is 9.59 Å². The van der Waals surface area contributed by atoms with Gasteiger partial charge in [-0.1, -0.05) is 162 Å². The molecular weight excluding hydrogens is 668 g/mol. The highest BCUT2D eigenvalue weighted by molar-refractivity contribution is 6.81. The van der Waals surface area contributed by atoms with Gasteiger partial charge in [0.15, 0.2) is 21.7 Å². The molecule has 2 N–H and O–H groups in total. The van der Waals surface area contributed by atoms with Gasteiger partial charge in [0.1, 0.15) is 0 Å². The second-order valence-corrected chi connectivity index (χ2v) is 13.9. The van der Waals surface area contributed by atoms with Crippen LogP contribution in [0.2, 0.25) is 0 Å². The number of carboxylic acid groups (broad SMARTS) is 2. The first-order valence-corrected chi connectivity index (χ1v) is 10.8. The molecule has 0 aromatic heterocycles. The minimum Gasteiger partial charge on any atom is -0.479 e. The standard InChI is InChI=1S/C9H2Cl14O4/c10-3(11,1(24)25)5(14,15)7(18,19)9(22,23)8(20,21)6(16,17)4(12,13)2(26)27/h(H,24,25)(H,26,27). The molecule has 4 nitrogen and oxygen atoms in total. The van der Waals surface area contributed by atoms with Crippen molar-refractivity contribution in [2.45, 2.75) is 30.3 Å². The highest BCUT2D eigenvalue weighted by atomic mass is 35.6. The molecule has 0 aromatic rings. The lowest BCUT2D eigenvalue weighted by Crippen LogP contribution is -2.70. The Morgan fingerprint density at radius 1 is 0.407 bits per heavy atom. The third-order valence-corrected chi connectivity index (χ3v) is 12.7. The summed E-state index contributed by atoms with van der Waals surface area (Å²) in [4.78, 5) is 22.5. The topological polar surface area (TPSA) is 74.6 Å². The summed E-state index contributed by atoms with van der Waals surface area (Å²) in [6.07, 6.45) is 0. The zero-order chi connectivity index (χ0) is 22.7. The summed E-state index contributed by atoms with van der Waals surface area (Å²) in [6.45, 7) is 0. The molecular formula is C9H2Cl14O4. The fourth-order valence-corrected chi connectivity index (χ4v) is 5.38. The molecule has 0 bridgehead atoms. The van der Waals surface area contributed by atoms with Crippen LogP contribution in [0.5, 0.6) is 0 Å². The number of carbonyl (C=O) groups is 2. The van der Waals surface area contributed by atoms with Gasteiger partial charge in [0, 0.05) is 0 Å². The van der Waals surface area contributed by atoms with E-state index in [0.29, 0.717) is 0 Å². The Balaban J connectivity index is 6.70. The van der Waals surface area contributed by atoms with Crippen molar-refractivity contribution >= 4 is 174 Å². The summed E-state index contributed by atoms with van der Waals surface area (Å²) >= 11 is 81.4. The fourth-order valence-electron chi connectivity index (χ4n) is 1.25. The van der Waals surface area contributed by atoms with E-state index in [0.717, 1.165) is 0 Å². The lowest BCUT2D eigenvalue weighted by Gasteiger charge is -2.52. The molecule has 0 atom stereocenters. The molecule has 0 spiro atoms. The second kappa shape index (κ2) is 8.74. The number of carboxylic acids is 2. The molecule has 160 valence electrons. The lowest BCUT2D eigenvalue weighted by atomic mass is 10.0. The van der Waals surface area contributed by atoms with Crippen LogP contribution in [0.1, 0.15) is 0 Å². The van der Waals surface area contributed by atoms with Crippen molar-refractivity contribution in [2.75, 3.05) is 0 Å². The average Bonchev–Trinajstić information content (AvgIpc) is 2.45. The molecule has 0 aliphatic heterocycles. The van der Waals surface area contributed by atoms with Crippen LogP contribution in [-0.4, -0.2) is 52.5 Å². The summed E-state index contributed by atoms with van der Waals surface area (Å²) in [5.74, 6) is -4.09. The van der Waals surface area contributed by atoms with Crippen molar-refractivity contribution in [3.05, 3.63) is 0 Å². The quantitative estimate of drug-likeness (QED) is 0.265. The van der Waals surface area contributed by atoms with E-state index < -0.39 is 42.3 Å². The van der Waals surface area contributed by atoms with Gasteiger partial charge in [-0.05, 0) is 0 Å². The van der Waals surface area contributed by atoms with Crippen molar-refractivity contribution < 1.29 is 19.8 Å². The van der Waals surface area contributed by atoms with E-state index in [1.165, 1.54) is 0 Å². The third-order valence-electron chi connectivity index (χ3n) is 2.90. The summed E-state index contributed by atoms with van der Waals surface area (Å²) in [5, 5.41) is 18.2. The molecule has 0 fully saturated rings. The lowest BCUT2D eigenvalue weighted by molar-refractivity contribution is -0.139. The monoisotopic (exact) mass is 664 g/mol. The smallest absolute Gasteiger partial charge is 0.343 e. The Morgan fingerprint density at radius 3 is 0.704 bits per heavy atom. The van der Waals surface area contributed by atoms with Gasteiger partial charge in [-0.2, -0.15) is 0 Å². The van der Waals surface area contributed by atoms with E-state index in [-0.39, 0.29) is 0 Å². The number of halogens is 14. The maximum atomic E-state index is 11.3. The first-order valence-electron chi connectivity index (χ1n) is 5.50. The molecule has 27 heavy (non-hydrogen) atoms. The molecule has 0 radical (unpaired) electrons. The molecule has 0 saturated carbocycles. The molecule has 0 aliphatic carbocycles. The van der Waals surface area contributed by atoms with Gasteiger partial charge in [-0.15, -0.1) is 0 Å². The Bertz CT molecular complexity index is 572. The van der Waals surface area contributed by atoms with Crippen molar-refractivity contribution in [1.29, 1.82) is 0 Å². The summed E-state index contributed by atoms with van der Waals surface area (Å²) < 4.78 is -22.4. The van der Waals surface area contributed by atoms with Gasteiger partial charge in [0.2, 0.25) is 8.67 Å². The molecule has 0 heterocycles. The van der Waals surface area contributed by atoms with Crippen molar-refractivity contribution in [3.63, 3.8) is 0 Å². The molecule has 0 unspecified atom stereocenters. The van der Waals surface area contributed by atoms with Gasteiger partial charge < -0.3 is 10.2 Å². The van der Waals surface area contributed by atoms with Crippen LogP contribution in [0.3, 0.4) is 0 Å². The molecule has 0 saturated heterocycles. The van der Waals surface area contributed by atoms with Crippen LogP contribution in [-0.2, 0) is 9.59 Å². The molecule has 0 amide bonds. The van der Waals surface area contributed by atoms with E-state index in [1.54, 1.807) is 0 Å². The first kappa shape index (κ1) is 30.0. The Morgan fingerprint density at radius 2 is 0.556 bits per heavy atom. The molecule has 0 rings (SSSR count). The van der Waals surface area contributed by atoms with Gasteiger partial charge >= 0.3 is 11.9 Å². The largest absolute Gasteiger partial charge is 0.479 e. The summed E-state index contributed by atoms with van der Waals surface area (Å²) in [7, 11) is 0. The predicted molar refractivity (Wildman–Crippen MR) is 116 cm³/mol. The summed E-state index contributed by atoms with van der Waals surface area (Å²) in [5.41, 5.74) is 0. The maximum Gasteiger partial charge on any atom is 0.343 e. The normalized spacial score (nSPS) is 15.6. The Hall–Kier alpha value is 3.00. The SMILES string of the molecule is O=C(O)C(Cl)(Cl)C(Cl)(Cl)C(Cl)(Cl)C(Cl)(Cl)C(Cl)(Cl)C(Cl)(Cl)C(Cl)(Cl)C(=O)O. The number of alkyl halides is 14. The Labute approximate surface area is 222 Å². The minimum atomic E-state index is -3.24. The third kappa shape index (κ3) is 4.44. The van der Waals surface area contributed by atoms with E-state index in [4.69, 9.17) is 173 Å². The van der Waals surface area contributed by atoms with E-state index >= 15 is 0 Å². The van der Waals surface area contributed by atoms with Crippen molar-refractivity contribution in [3.8, 4) is 0 Å². The average molecular weight is 670 g/mol. The van der Waals surface area contributed by atoms with Crippen LogP contribution in [0.15, 0.2) is 0 Å². The Kier molecular flexibility index (Phi) is 9.71. The number of aliphatic carboxylic acids is 2. The number of hydrogen-bond acceptors (Lipinski definition) is 2. The van der Waals surface area contributed by atoms with E-state index in [9.17, 15) is 9.59 Å². The van der Waals surface area contributed by atoms with Gasteiger partial charge in [0.05, 0.1) is 0 Å². The minimum absolute atomic E-state index is 2.04. The van der Waals surface area contributed by atoms with Crippen LogP contribution >= 0.6 is 162 Å². The highest BCUT2D eigenvalue weighted by Crippen LogP contribution is 2.70. The van der Waals surface area contributed by atoms with Crippen LogP contribution in [0.4, 0.5) is 0 Å². The van der Waals surface area contributed by atoms with Gasteiger partial charge in [-0.3, -0.25) is 0 Å². The fraction of sp³-hybridized carbons (Fsp3) is 0.778. The predicted octanol–water partition coefficient (Wildman–Crippen LogP) is 7.37. The van der Waals surface area contributed by atoms with Crippen LogP contribution in [0, 0.1) is 0 Å². The number of hydrogen-bond donors (Lipinski definition) is 2. The first-order chi connectivity index (χ1) is 11.4. The zero-order valence-electron chi connectivity index (χ0n) is 11.5. The second-order valence-electron chi connectivity index (χ2n) is 4.63. The molecule has 0 aromatic carbocycles. The van der Waals surface area contributed by atoms with Crippen molar-refractivity contribution in [1.82, 2.24) is 0 Å². The molecule has 0 aliphatic rings. The zero-order valence-corrected chi connectivity index (χ0v) is 22.1. The van der Waals surface area contributed by atoms with E-state index in [2.05, 4.69) is 0 Å². The van der Waals surface area contributed by atoms with Gasteiger partial charge in [0.25, 0.3) is 0 Å². The number of rotatable bonds is 8. The van der Waals surface area contributed by atoms with Crippen molar-refractivity contribution in [2.24, 2.45) is 0 Å². The summed E-state index contributed by atoms with van der Waals surface area (Å²) in [6, 6.07) is 0. The van der Waals surface area contributed by atoms with Crippen LogP contribution < -0.4 is 0 Å².